The second kappa shape index (κ2) is 10.3. The maximum absolute atomic E-state index is 13.2. The number of aromatic hydroxyl groups is 1. The minimum absolute atomic E-state index is 0.00342. The molecule has 1 fully saturated rings. The number of phenolic OH excluding ortho intramolecular Hbond substituents is 1. The summed E-state index contributed by atoms with van der Waals surface area (Å²) in [6.45, 7) is 2.80. The average molecular weight is 458 g/mol. The molecular formula is C28H27NO5. The first-order valence-corrected chi connectivity index (χ1v) is 11.3. The zero-order valence-corrected chi connectivity index (χ0v) is 19.0. The van der Waals surface area contributed by atoms with Gasteiger partial charge in [0.15, 0.2) is 0 Å². The fourth-order valence-electron chi connectivity index (χ4n) is 4.15. The number of amides is 1. The van der Waals surface area contributed by atoms with Crippen molar-refractivity contribution in [1.82, 2.24) is 4.90 Å². The van der Waals surface area contributed by atoms with Crippen molar-refractivity contribution in [2.24, 2.45) is 0 Å². The number of hydrogen-bond acceptors (Lipinski definition) is 5. The fourth-order valence-corrected chi connectivity index (χ4v) is 4.15. The summed E-state index contributed by atoms with van der Waals surface area (Å²) in [6, 6.07) is 22.1. The van der Waals surface area contributed by atoms with E-state index in [0.29, 0.717) is 29.9 Å². The Hall–Kier alpha value is -4.06. The molecule has 3 aromatic rings. The summed E-state index contributed by atoms with van der Waals surface area (Å²) in [5.41, 5.74) is 1.96. The first-order chi connectivity index (χ1) is 16.5. The number of ether oxygens (including phenoxy) is 1. The highest BCUT2D eigenvalue weighted by Crippen LogP contribution is 2.40. The molecule has 3 aromatic carbocycles. The van der Waals surface area contributed by atoms with Gasteiger partial charge < -0.3 is 19.8 Å². The summed E-state index contributed by atoms with van der Waals surface area (Å²) in [6.07, 6.45) is 1.38. The molecule has 0 aliphatic carbocycles. The Morgan fingerprint density at radius 2 is 1.74 bits per heavy atom. The Morgan fingerprint density at radius 1 is 0.971 bits per heavy atom. The van der Waals surface area contributed by atoms with Gasteiger partial charge >= 0.3 is 0 Å². The number of carbonyl (C=O) groups is 2. The van der Waals surface area contributed by atoms with Gasteiger partial charge in [0, 0.05) is 12.1 Å². The molecular weight excluding hydrogens is 430 g/mol. The van der Waals surface area contributed by atoms with Crippen molar-refractivity contribution >= 4 is 17.4 Å². The first-order valence-electron chi connectivity index (χ1n) is 11.3. The number of aliphatic hydroxyl groups is 1. The van der Waals surface area contributed by atoms with Crippen molar-refractivity contribution in [3.63, 3.8) is 0 Å². The molecule has 0 saturated carbocycles. The van der Waals surface area contributed by atoms with E-state index in [9.17, 15) is 19.8 Å². The molecule has 1 heterocycles. The molecule has 6 heteroatoms. The smallest absolute Gasteiger partial charge is 0.295 e. The van der Waals surface area contributed by atoms with Crippen molar-refractivity contribution in [1.29, 1.82) is 0 Å². The lowest BCUT2D eigenvalue weighted by molar-refractivity contribution is -0.139. The van der Waals surface area contributed by atoms with Crippen LogP contribution in [0.4, 0.5) is 0 Å². The summed E-state index contributed by atoms with van der Waals surface area (Å²) in [5.74, 6) is -1.11. The summed E-state index contributed by atoms with van der Waals surface area (Å²) in [7, 11) is 0. The van der Waals surface area contributed by atoms with E-state index in [4.69, 9.17) is 4.74 Å². The molecule has 1 atom stereocenters. The Balaban J connectivity index is 1.76. The molecule has 1 saturated heterocycles. The maximum Gasteiger partial charge on any atom is 0.295 e. The third-order valence-electron chi connectivity index (χ3n) is 5.79. The predicted molar refractivity (Wildman–Crippen MR) is 129 cm³/mol. The largest absolute Gasteiger partial charge is 0.508 e. The van der Waals surface area contributed by atoms with E-state index in [1.54, 1.807) is 36.4 Å². The van der Waals surface area contributed by atoms with Crippen LogP contribution >= 0.6 is 0 Å². The van der Waals surface area contributed by atoms with Crippen LogP contribution in [0.2, 0.25) is 0 Å². The standard InChI is InChI=1S/C28H27NO5/c1-2-16-34-23-13-7-11-21(18-23)26(31)24-25(20-10-6-12-22(30)17-20)29(28(33)27(24)32)15-14-19-8-4-3-5-9-19/h3-13,17-18,25,30-31H,2,14-16H2,1H3. The van der Waals surface area contributed by atoms with Crippen molar-refractivity contribution in [2.45, 2.75) is 25.8 Å². The highest BCUT2D eigenvalue weighted by Gasteiger charge is 2.45. The lowest BCUT2D eigenvalue weighted by Gasteiger charge is -2.25. The number of Topliss-reactive ketones (excluding diaryl/α,β-unsaturated/α-hetero) is 1. The van der Waals surface area contributed by atoms with E-state index in [1.807, 2.05) is 37.3 Å². The highest BCUT2D eigenvalue weighted by atomic mass is 16.5. The van der Waals surface area contributed by atoms with Crippen LogP contribution in [-0.2, 0) is 16.0 Å². The number of likely N-dealkylation sites (tertiary alicyclic amines) is 1. The van der Waals surface area contributed by atoms with E-state index in [2.05, 4.69) is 0 Å². The molecule has 0 spiro atoms. The van der Waals surface area contributed by atoms with Crippen LogP contribution in [0.5, 0.6) is 11.5 Å². The molecule has 174 valence electrons. The second-order valence-electron chi connectivity index (χ2n) is 8.20. The summed E-state index contributed by atoms with van der Waals surface area (Å²) >= 11 is 0. The number of carbonyl (C=O) groups excluding carboxylic acids is 2. The van der Waals surface area contributed by atoms with Crippen molar-refractivity contribution in [3.8, 4) is 11.5 Å². The van der Waals surface area contributed by atoms with Crippen LogP contribution in [-0.4, -0.2) is 40.0 Å². The normalized spacial score (nSPS) is 17.2. The number of phenols is 1. The number of hydrogen-bond donors (Lipinski definition) is 2. The molecule has 6 nitrogen and oxygen atoms in total. The molecule has 0 radical (unpaired) electrons. The van der Waals surface area contributed by atoms with Gasteiger partial charge in [-0.2, -0.15) is 0 Å². The zero-order valence-electron chi connectivity index (χ0n) is 19.0. The second-order valence-corrected chi connectivity index (χ2v) is 8.20. The Labute approximate surface area is 198 Å². The summed E-state index contributed by atoms with van der Waals surface area (Å²) in [5, 5.41) is 21.3. The monoisotopic (exact) mass is 457 g/mol. The lowest BCUT2D eigenvalue weighted by atomic mass is 9.95. The molecule has 1 unspecified atom stereocenters. The van der Waals surface area contributed by atoms with Crippen molar-refractivity contribution < 1.29 is 24.5 Å². The van der Waals surface area contributed by atoms with Crippen molar-refractivity contribution in [2.75, 3.05) is 13.2 Å². The van der Waals surface area contributed by atoms with E-state index >= 15 is 0 Å². The van der Waals surface area contributed by atoms with E-state index < -0.39 is 17.7 Å². The summed E-state index contributed by atoms with van der Waals surface area (Å²) in [4.78, 5) is 27.7. The zero-order chi connectivity index (χ0) is 24.1. The lowest BCUT2D eigenvalue weighted by Crippen LogP contribution is -2.31. The van der Waals surface area contributed by atoms with Crippen molar-refractivity contribution in [3.05, 3.63) is 101 Å². The van der Waals surface area contributed by atoms with Gasteiger partial charge in [-0.1, -0.05) is 61.5 Å². The molecule has 0 bridgehead atoms. The number of benzene rings is 3. The average Bonchev–Trinajstić information content (AvgIpc) is 3.11. The van der Waals surface area contributed by atoms with Gasteiger partial charge in [-0.25, -0.2) is 0 Å². The number of rotatable bonds is 8. The highest BCUT2D eigenvalue weighted by molar-refractivity contribution is 6.46. The van der Waals surface area contributed by atoms with E-state index in [1.165, 1.54) is 17.0 Å². The quantitative estimate of drug-likeness (QED) is 0.287. The Morgan fingerprint density at radius 3 is 2.47 bits per heavy atom. The minimum Gasteiger partial charge on any atom is -0.508 e. The predicted octanol–water partition coefficient (Wildman–Crippen LogP) is 4.85. The van der Waals surface area contributed by atoms with Crippen LogP contribution in [0.3, 0.4) is 0 Å². The third-order valence-corrected chi connectivity index (χ3v) is 5.79. The minimum atomic E-state index is -0.823. The van der Waals surface area contributed by atoms with Gasteiger partial charge in [-0.3, -0.25) is 9.59 Å². The third kappa shape index (κ3) is 4.81. The van der Waals surface area contributed by atoms with Crippen LogP contribution < -0.4 is 4.74 Å². The molecule has 1 aliphatic rings. The number of aliphatic hydroxyl groups excluding tert-OH is 1. The van der Waals surface area contributed by atoms with Gasteiger partial charge in [0.1, 0.15) is 17.3 Å². The molecule has 0 aromatic heterocycles. The van der Waals surface area contributed by atoms with Crippen LogP contribution in [0, 0.1) is 0 Å². The topological polar surface area (TPSA) is 87.1 Å². The SMILES string of the molecule is CCCOc1cccc(C(O)=C2C(=O)C(=O)N(CCc3ccccc3)C2c2cccc(O)c2)c1. The number of ketones is 1. The van der Waals surface area contributed by atoms with E-state index in [-0.39, 0.29) is 23.6 Å². The van der Waals surface area contributed by atoms with Crippen LogP contribution in [0.15, 0.2) is 84.4 Å². The number of nitrogens with zero attached hydrogens (tertiary/aromatic N) is 1. The van der Waals surface area contributed by atoms with Crippen LogP contribution in [0.1, 0.15) is 36.1 Å². The first kappa shape index (κ1) is 23.1. The molecule has 1 aliphatic heterocycles. The Kier molecular flexibility index (Phi) is 6.97. The maximum atomic E-state index is 13.2. The van der Waals surface area contributed by atoms with Gasteiger partial charge in [-0.15, -0.1) is 0 Å². The molecule has 1 amide bonds. The van der Waals surface area contributed by atoms with Gasteiger partial charge in [0.25, 0.3) is 11.7 Å². The Bertz CT molecular complexity index is 1220. The molecule has 34 heavy (non-hydrogen) atoms. The van der Waals surface area contributed by atoms with Gasteiger partial charge in [0.2, 0.25) is 0 Å². The van der Waals surface area contributed by atoms with Gasteiger partial charge in [0.05, 0.1) is 18.2 Å². The molecule has 2 N–H and O–H groups in total. The molecule has 4 rings (SSSR count). The van der Waals surface area contributed by atoms with Crippen LogP contribution in [0.25, 0.3) is 5.76 Å². The van der Waals surface area contributed by atoms with E-state index in [0.717, 1.165) is 12.0 Å². The summed E-state index contributed by atoms with van der Waals surface area (Å²) < 4.78 is 5.66. The van der Waals surface area contributed by atoms with Gasteiger partial charge in [-0.05, 0) is 48.2 Å². The fraction of sp³-hybridized carbons (Fsp3) is 0.214.